The molecule has 0 saturated carbocycles. The van der Waals surface area contributed by atoms with E-state index in [4.69, 9.17) is 10.8 Å². The Kier molecular flexibility index (Phi) is 5.37. The average molecular weight is 389 g/mol. The summed E-state index contributed by atoms with van der Waals surface area (Å²) in [5, 5.41) is 4.80. The van der Waals surface area contributed by atoms with Crippen LogP contribution in [0.1, 0.15) is 54.0 Å². The first kappa shape index (κ1) is 19.9. The van der Waals surface area contributed by atoms with E-state index in [2.05, 4.69) is 32.9 Å². The van der Waals surface area contributed by atoms with E-state index in [1.165, 1.54) is 11.3 Å². The molecular formula is C21H29ClN4O. The zero-order valence-electron chi connectivity index (χ0n) is 16.4. The molecule has 27 heavy (non-hydrogen) atoms. The molecule has 1 saturated heterocycles. The first-order valence-electron chi connectivity index (χ1n) is 9.60. The zero-order valence-corrected chi connectivity index (χ0v) is 17.2. The molecule has 1 aliphatic carbocycles. The number of nitrogens with zero attached hydrogens (tertiary/aromatic N) is 3. The van der Waals surface area contributed by atoms with Crippen LogP contribution in [0.5, 0.6) is 0 Å². The Morgan fingerprint density at radius 2 is 2.00 bits per heavy atom. The summed E-state index contributed by atoms with van der Waals surface area (Å²) in [5.41, 5.74) is 11.4. The first-order chi connectivity index (χ1) is 12.4. The minimum Gasteiger partial charge on any atom is -0.337 e. The van der Waals surface area contributed by atoms with Gasteiger partial charge in [-0.2, -0.15) is 5.10 Å². The van der Waals surface area contributed by atoms with Crippen LogP contribution in [-0.4, -0.2) is 39.7 Å². The van der Waals surface area contributed by atoms with E-state index < -0.39 is 0 Å². The van der Waals surface area contributed by atoms with Crippen molar-refractivity contribution in [3.8, 4) is 5.69 Å². The highest BCUT2D eigenvalue weighted by molar-refractivity contribution is 5.94. The van der Waals surface area contributed by atoms with E-state index in [-0.39, 0.29) is 29.8 Å². The number of piperidine rings is 1. The molecule has 1 unspecified atom stereocenters. The molecule has 1 amide bonds. The molecular weight excluding hydrogens is 360 g/mol. The summed E-state index contributed by atoms with van der Waals surface area (Å²) in [5.74, 6) is 0.0652. The third-order valence-electron chi connectivity index (χ3n) is 6.08. The molecule has 0 spiro atoms. The highest BCUT2D eigenvalue weighted by Crippen LogP contribution is 2.32. The molecule has 2 aromatic rings. The molecule has 1 aromatic heterocycles. The van der Waals surface area contributed by atoms with Gasteiger partial charge in [-0.1, -0.05) is 32.0 Å². The van der Waals surface area contributed by atoms with Crippen LogP contribution >= 0.6 is 12.4 Å². The normalized spacial score (nSPS) is 20.9. The predicted molar refractivity (Wildman–Crippen MR) is 110 cm³/mol. The number of aryl methyl sites for hydroxylation is 1. The van der Waals surface area contributed by atoms with Gasteiger partial charge in [0.1, 0.15) is 0 Å². The van der Waals surface area contributed by atoms with Gasteiger partial charge in [0, 0.05) is 30.4 Å². The van der Waals surface area contributed by atoms with Crippen molar-refractivity contribution >= 4 is 18.3 Å². The van der Waals surface area contributed by atoms with Crippen molar-refractivity contribution in [2.45, 2.75) is 52.5 Å². The lowest BCUT2D eigenvalue weighted by Crippen LogP contribution is -2.54. The fourth-order valence-corrected chi connectivity index (χ4v) is 4.31. The van der Waals surface area contributed by atoms with E-state index in [0.29, 0.717) is 12.2 Å². The Morgan fingerprint density at radius 1 is 1.26 bits per heavy atom. The van der Waals surface area contributed by atoms with E-state index in [0.717, 1.165) is 43.5 Å². The highest BCUT2D eigenvalue weighted by atomic mass is 35.5. The quantitative estimate of drug-likeness (QED) is 0.858. The number of fused-ring (bicyclic) bond motifs is 1. The zero-order chi connectivity index (χ0) is 18.5. The third-order valence-corrected chi connectivity index (χ3v) is 6.08. The third kappa shape index (κ3) is 3.39. The fourth-order valence-electron chi connectivity index (χ4n) is 4.31. The number of rotatable bonds is 2. The minimum absolute atomic E-state index is 0. The molecule has 1 aromatic carbocycles. The van der Waals surface area contributed by atoms with Crippen molar-refractivity contribution in [3.63, 3.8) is 0 Å². The standard InChI is InChI=1S/C21H28N4O.ClH/c1-14-7-4-5-9-16(14)25-17-10-6-8-15(17)19(23-25)20(26)24-12-11-18(22)21(2,3)13-24;/h4-5,7,9,18H,6,8,10-13,22H2,1-3H3;1H. The number of nitrogens with two attached hydrogens (primary N) is 1. The summed E-state index contributed by atoms with van der Waals surface area (Å²) in [6, 6.07) is 8.38. The largest absolute Gasteiger partial charge is 0.337 e. The van der Waals surface area contributed by atoms with Gasteiger partial charge in [-0.25, -0.2) is 4.68 Å². The number of hydrogen-bond donors (Lipinski definition) is 1. The second kappa shape index (κ2) is 7.28. The number of carbonyl (C=O) groups is 1. The van der Waals surface area contributed by atoms with Gasteiger partial charge >= 0.3 is 0 Å². The number of benzene rings is 1. The predicted octanol–water partition coefficient (Wildman–Crippen LogP) is 3.29. The Hall–Kier alpha value is -1.85. The molecule has 6 heteroatoms. The number of halogens is 1. The Morgan fingerprint density at radius 3 is 2.70 bits per heavy atom. The average Bonchev–Trinajstić information content (AvgIpc) is 3.20. The number of aromatic nitrogens is 2. The van der Waals surface area contributed by atoms with Crippen LogP contribution in [0.4, 0.5) is 0 Å². The van der Waals surface area contributed by atoms with E-state index in [1.807, 2.05) is 21.7 Å². The minimum atomic E-state index is -0.0599. The lowest BCUT2D eigenvalue weighted by Gasteiger charge is -2.42. The molecule has 146 valence electrons. The van der Waals surface area contributed by atoms with Crippen LogP contribution in [0.25, 0.3) is 5.69 Å². The van der Waals surface area contributed by atoms with Gasteiger partial charge in [-0.15, -0.1) is 12.4 Å². The second-order valence-corrected chi connectivity index (χ2v) is 8.44. The topological polar surface area (TPSA) is 64.2 Å². The second-order valence-electron chi connectivity index (χ2n) is 8.44. The van der Waals surface area contributed by atoms with Crippen molar-refractivity contribution in [3.05, 3.63) is 46.8 Å². The van der Waals surface area contributed by atoms with Gasteiger partial charge < -0.3 is 10.6 Å². The van der Waals surface area contributed by atoms with Crippen LogP contribution in [0.3, 0.4) is 0 Å². The van der Waals surface area contributed by atoms with Crippen molar-refractivity contribution in [2.24, 2.45) is 11.1 Å². The molecule has 2 aliphatic rings. The molecule has 1 atom stereocenters. The molecule has 0 bridgehead atoms. The number of para-hydroxylation sites is 1. The van der Waals surface area contributed by atoms with Gasteiger partial charge in [0.2, 0.25) is 0 Å². The van der Waals surface area contributed by atoms with Crippen LogP contribution < -0.4 is 5.73 Å². The summed E-state index contributed by atoms with van der Waals surface area (Å²) in [4.78, 5) is 15.2. The molecule has 4 rings (SSSR count). The van der Waals surface area contributed by atoms with E-state index >= 15 is 0 Å². The van der Waals surface area contributed by atoms with Crippen LogP contribution in [0.2, 0.25) is 0 Å². The number of carbonyl (C=O) groups excluding carboxylic acids is 1. The summed E-state index contributed by atoms with van der Waals surface area (Å²) < 4.78 is 2.01. The summed E-state index contributed by atoms with van der Waals surface area (Å²) in [6.45, 7) is 7.80. The van der Waals surface area contributed by atoms with Crippen LogP contribution in [0, 0.1) is 12.3 Å². The molecule has 1 fully saturated rings. The van der Waals surface area contributed by atoms with E-state index in [1.54, 1.807) is 0 Å². The maximum absolute atomic E-state index is 13.3. The van der Waals surface area contributed by atoms with E-state index in [9.17, 15) is 4.79 Å². The maximum Gasteiger partial charge on any atom is 0.274 e. The maximum atomic E-state index is 13.3. The Bertz CT molecular complexity index is 858. The van der Waals surface area contributed by atoms with Crippen molar-refractivity contribution in [1.82, 2.24) is 14.7 Å². The van der Waals surface area contributed by atoms with Gasteiger partial charge in [-0.05, 0) is 49.7 Å². The van der Waals surface area contributed by atoms with Crippen molar-refractivity contribution in [1.29, 1.82) is 0 Å². The number of likely N-dealkylation sites (tertiary alicyclic amines) is 1. The summed E-state index contributed by atoms with van der Waals surface area (Å²) in [7, 11) is 0. The number of hydrogen-bond acceptors (Lipinski definition) is 3. The lowest BCUT2D eigenvalue weighted by atomic mass is 9.79. The fraction of sp³-hybridized carbons (Fsp3) is 0.524. The van der Waals surface area contributed by atoms with Gasteiger partial charge in [0.25, 0.3) is 5.91 Å². The smallest absolute Gasteiger partial charge is 0.274 e. The molecule has 2 heterocycles. The first-order valence-corrected chi connectivity index (χ1v) is 9.60. The van der Waals surface area contributed by atoms with Crippen molar-refractivity contribution < 1.29 is 4.79 Å². The molecule has 2 N–H and O–H groups in total. The monoisotopic (exact) mass is 388 g/mol. The molecule has 1 aliphatic heterocycles. The van der Waals surface area contributed by atoms with Crippen molar-refractivity contribution in [2.75, 3.05) is 13.1 Å². The lowest BCUT2D eigenvalue weighted by molar-refractivity contribution is 0.0526. The number of amides is 1. The summed E-state index contributed by atoms with van der Waals surface area (Å²) >= 11 is 0. The Balaban J connectivity index is 0.00000210. The van der Waals surface area contributed by atoms with Crippen LogP contribution in [0.15, 0.2) is 24.3 Å². The van der Waals surface area contributed by atoms with Gasteiger partial charge in [-0.3, -0.25) is 4.79 Å². The van der Waals surface area contributed by atoms with Crippen LogP contribution in [-0.2, 0) is 12.8 Å². The molecule has 0 radical (unpaired) electrons. The molecule has 5 nitrogen and oxygen atoms in total. The summed E-state index contributed by atoms with van der Waals surface area (Å²) in [6.07, 6.45) is 3.87. The Labute approximate surface area is 167 Å². The highest BCUT2D eigenvalue weighted by Gasteiger charge is 2.38. The SMILES string of the molecule is Cc1ccccc1-n1nc(C(=O)N2CCC(N)C(C)(C)C2)c2c1CCC2.Cl. The van der Waals surface area contributed by atoms with Gasteiger partial charge in [0.15, 0.2) is 5.69 Å². The van der Waals surface area contributed by atoms with Gasteiger partial charge in [0.05, 0.1) is 5.69 Å².